The van der Waals surface area contributed by atoms with E-state index in [9.17, 15) is 8.42 Å². The third-order valence-corrected chi connectivity index (χ3v) is 3.78. The van der Waals surface area contributed by atoms with Crippen LogP contribution in [0.2, 0.25) is 0 Å². The van der Waals surface area contributed by atoms with Crippen molar-refractivity contribution in [1.29, 1.82) is 0 Å². The van der Waals surface area contributed by atoms with Crippen LogP contribution in [0.1, 0.15) is 5.76 Å². The second-order valence-corrected chi connectivity index (χ2v) is 5.45. The van der Waals surface area contributed by atoms with E-state index in [2.05, 4.69) is 9.88 Å². The molecule has 1 aromatic carbocycles. The highest BCUT2D eigenvalue weighted by atomic mass is 32.2. The summed E-state index contributed by atoms with van der Waals surface area (Å²) in [5, 5.41) is 3.53. The van der Waals surface area contributed by atoms with Crippen molar-refractivity contribution in [3.05, 3.63) is 34.7 Å². The summed E-state index contributed by atoms with van der Waals surface area (Å²) in [7, 11) is -1.16. The van der Waals surface area contributed by atoms with Gasteiger partial charge in [-0.3, -0.25) is 5.16 Å². The summed E-state index contributed by atoms with van der Waals surface area (Å²) in [5.74, 6) is 1.01. The van der Waals surface area contributed by atoms with Crippen LogP contribution in [0.15, 0.2) is 33.7 Å². The molecule has 0 fully saturated rings. The van der Waals surface area contributed by atoms with Crippen molar-refractivity contribution in [3.63, 3.8) is 0 Å². The van der Waals surface area contributed by atoms with Gasteiger partial charge in [-0.15, -0.1) is 0 Å². The maximum atomic E-state index is 12.3. The van der Waals surface area contributed by atoms with Crippen molar-refractivity contribution >= 4 is 15.8 Å². The number of hydrogen-bond acceptors (Lipinski definition) is 6. The number of rotatable bonds is 5. The Morgan fingerprint density at radius 2 is 1.95 bits per heavy atom. The number of hydrogen-bond donors (Lipinski definition) is 0. The number of benzene rings is 1. The van der Waals surface area contributed by atoms with E-state index in [1.165, 1.54) is 32.4 Å². The molecule has 0 unspecified atom stereocenters. The number of aryl methyl sites for hydroxylation is 1. The normalized spacial score (nSPS) is 11.2. The molecule has 20 heavy (non-hydrogen) atoms. The molecule has 0 aliphatic rings. The summed E-state index contributed by atoms with van der Waals surface area (Å²) in [6.45, 7) is 1.64. The highest BCUT2D eigenvalue weighted by Gasteiger charge is 2.17. The van der Waals surface area contributed by atoms with Gasteiger partial charge in [-0.05, 0) is 30.9 Å². The number of ether oxygens (including phenoxy) is 2. The predicted molar refractivity (Wildman–Crippen MR) is 71.0 cm³/mol. The maximum absolute atomic E-state index is 12.3. The minimum Gasteiger partial charge on any atom is -0.497 e. The summed E-state index contributed by atoms with van der Waals surface area (Å²) >= 11 is 0. The van der Waals surface area contributed by atoms with Crippen molar-refractivity contribution in [1.82, 2.24) is 5.16 Å². The lowest BCUT2D eigenvalue weighted by Crippen LogP contribution is -2.02. The van der Waals surface area contributed by atoms with E-state index in [0.717, 1.165) is 0 Å². The Morgan fingerprint density at radius 3 is 2.50 bits per heavy atom. The summed E-state index contributed by atoms with van der Waals surface area (Å²) < 4.78 is 43.0. The Labute approximate surface area is 116 Å². The fraction of sp³-hybridized carbons (Fsp3) is 0.250. The van der Waals surface area contributed by atoms with Crippen molar-refractivity contribution in [2.24, 2.45) is 0 Å². The molecule has 0 bridgehead atoms. The van der Waals surface area contributed by atoms with Crippen molar-refractivity contribution in [2.75, 3.05) is 14.2 Å². The quantitative estimate of drug-likeness (QED) is 0.841. The van der Waals surface area contributed by atoms with Gasteiger partial charge in [0, 0.05) is 6.07 Å². The molecule has 2 aromatic rings. The molecule has 0 aliphatic carbocycles. The zero-order chi connectivity index (χ0) is 14.8. The molecular weight excluding hydrogens is 284 g/mol. The van der Waals surface area contributed by atoms with Crippen LogP contribution >= 0.6 is 0 Å². The molecule has 7 nitrogen and oxygen atoms in total. The van der Waals surface area contributed by atoms with Gasteiger partial charge >= 0.3 is 0 Å². The monoisotopic (exact) mass is 297 g/mol. The Bertz CT molecular complexity index is 708. The summed E-state index contributed by atoms with van der Waals surface area (Å²) in [5.41, 5.74) is 0. The topological polar surface area (TPSA) is 92.7 Å². The molecule has 8 heteroatoms. The Balaban J connectivity index is 2.42. The first-order valence-corrected chi connectivity index (χ1v) is 7.03. The molecule has 0 radical (unpaired) electrons. The van der Waals surface area contributed by atoms with E-state index in [4.69, 9.17) is 14.0 Å². The molecule has 0 amide bonds. The van der Waals surface area contributed by atoms with Crippen LogP contribution in [0.25, 0.3) is 4.72 Å². The van der Waals surface area contributed by atoms with Gasteiger partial charge in [0.1, 0.15) is 22.2 Å². The highest BCUT2D eigenvalue weighted by Crippen LogP contribution is 2.34. The third-order valence-electron chi connectivity index (χ3n) is 2.48. The average Bonchev–Trinajstić information content (AvgIpc) is 2.82. The van der Waals surface area contributed by atoms with Crippen LogP contribution in [-0.4, -0.2) is 27.8 Å². The van der Waals surface area contributed by atoms with E-state index in [0.29, 0.717) is 11.5 Å². The fourth-order valence-corrected chi connectivity index (χ4v) is 2.66. The zero-order valence-corrected chi connectivity index (χ0v) is 12.0. The molecule has 0 saturated carbocycles. The highest BCUT2D eigenvalue weighted by molar-refractivity contribution is 7.94. The van der Waals surface area contributed by atoms with Crippen LogP contribution in [0, 0.1) is 6.92 Å². The first-order chi connectivity index (χ1) is 9.46. The largest absolute Gasteiger partial charge is 0.497 e. The van der Waals surface area contributed by atoms with Gasteiger partial charge in [0.05, 0.1) is 14.2 Å². The first-order valence-electron chi connectivity index (χ1n) is 5.59. The van der Waals surface area contributed by atoms with Gasteiger partial charge < -0.3 is 18.7 Å². The molecule has 2 rings (SSSR count). The number of sulfonamides is 1. The van der Waals surface area contributed by atoms with Gasteiger partial charge in [0.2, 0.25) is 10.0 Å². The van der Waals surface area contributed by atoms with Crippen LogP contribution in [0.4, 0.5) is 5.82 Å². The standard InChI is InChI=1S/C12H13N2O5S/c1-8-6-12(13-19-8)14-20(15,16)11-7-9(17-2)4-5-10(11)18-3/h4-7H,1-3H3/q-1. The van der Waals surface area contributed by atoms with E-state index in [1.54, 1.807) is 13.0 Å². The van der Waals surface area contributed by atoms with Crippen LogP contribution in [-0.2, 0) is 10.0 Å². The lowest BCUT2D eigenvalue weighted by Gasteiger charge is -2.15. The molecule has 0 spiro atoms. The summed E-state index contributed by atoms with van der Waals surface area (Å²) in [4.78, 5) is -0.0972. The van der Waals surface area contributed by atoms with E-state index in [-0.39, 0.29) is 16.5 Å². The van der Waals surface area contributed by atoms with Gasteiger partial charge in [0.15, 0.2) is 0 Å². The van der Waals surface area contributed by atoms with Crippen molar-refractivity contribution < 1.29 is 22.4 Å². The number of nitrogens with zero attached hydrogens (tertiary/aromatic N) is 2. The second kappa shape index (κ2) is 5.41. The lowest BCUT2D eigenvalue weighted by atomic mass is 10.3. The Hall–Kier alpha value is -2.22. The van der Waals surface area contributed by atoms with Gasteiger partial charge in [-0.1, -0.05) is 0 Å². The molecule has 0 aliphatic heterocycles. The minimum absolute atomic E-state index is 0.0210. The molecule has 1 heterocycles. The van der Waals surface area contributed by atoms with Gasteiger partial charge in [-0.25, -0.2) is 8.42 Å². The van der Waals surface area contributed by atoms with Crippen LogP contribution in [0.3, 0.4) is 0 Å². The predicted octanol–water partition coefficient (Wildman–Crippen LogP) is 2.39. The molecule has 0 atom stereocenters. The Kier molecular flexibility index (Phi) is 3.84. The first kappa shape index (κ1) is 14.2. The SMILES string of the molecule is COc1ccc(OC)c(S(=O)(=O)[N-]c2cc(C)on2)c1. The maximum Gasteiger partial charge on any atom is 0.206 e. The number of aromatic nitrogens is 1. The molecule has 1 aromatic heterocycles. The summed E-state index contributed by atoms with van der Waals surface area (Å²) in [6, 6.07) is 5.85. The molecule has 108 valence electrons. The Morgan fingerprint density at radius 1 is 1.20 bits per heavy atom. The molecule has 0 N–H and O–H groups in total. The molecule has 0 saturated heterocycles. The minimum atomic E-state index is -3.98. The van der Waals surface area contributed by atoms with Crippen LogP contribution < -0.4 is 9.47 Å². The smallest absolute Gasteiger partial charge is 0.206 e. The second-order valence-electron chi connectivity index (χ2n) is 3.88. The average molecular weight is 297 g/mol. The lowest BCUT2D eigenvalue weighted by molar-refractivity contribution is 0.392. The zero-order valence-electron chi connectivity index (χ0n) is 11.2. The van der Waals surface area contributed by atoms with Crippen molar-refractivity contribution in [2.45, 2.75) is 11.8 Å². The van der Waals surface area contributed by atoms with Gasteiger partial charge in [0.25, 0.3) is 0 Å². The van der Waals surface area contributed by atoms with E-state index < -0.39 is 10.0 Å². The van der Waals surface area contributed by atoms with Crippen LogP contribution in [0.5, 0.6) is 11.5 Å². The van der Waals surface area contributed by atoms with Gasteiger partial charge in [-0.2, -0.15) is 0 Å². The fourth-order valence-electron chi connectivity index (χ4n) is 1.55. The van der Waals surface area contributed by atoms with E-state index >= 15 is 0 Å². The number of methoxy groups -OCH3 is 2. The summed E-state index contributed by atoms with van der Waals surface area (Å²) in [6.07, 6.45) is 0. The molecular formula is C12H13N2O5S-. The van der Waals surface area contributed by atoms with Crippen molar-refractivity contribution in [3.8, 4) is 11.5 Å². The third kappa shape index (κ3) is 2.85. The van der Waals surface area contributed by atoms with E-state index in [1.807, 2.05) is 0 Å².